The lowest BCUT2D eigenvalue weighted by Crippen LogP contribution is -2.40. The van der Waals surface area contributed by atoms with E-state index in [-0.39, 0.29) is 5.41 Å². The van der Waals surface area contributed by atoms with E-state index in [0.717, 1.165) is 11.3 Å². The summed E-state index contributed by atoms with van der Waals surface area (Å²) in [6, 6.07) is 0. The Bertz CT molecular complexity index is 482. The van der Waals surface area contributed by atoms with E-state index in [0.29, 0.717) is 25.9 Å². The van der Waals surface area contributed by atoms with Gasteiger partial charge < -0.3 is 10.4 Å². The van der Waals surface area contributed by atoms with Crippen LogP contribution in [0.1, 0.15) is 58.7 Å². The van der Waals surface area contributed by atoms with Gasteiger partial charge in [-0.1, -0.05) is 34.6 Å². The number of nitrogens with one attached hydrogen (secondary N) is 1. The van der Waals surface area contributed by atoms with E-state index in [1.165, 1.54) is 0 Å². The van der Waals surface area contributed by atoms with Gasteiger partial charge in [0.15, 0.2) is 0 Å². The van der Waals surface area contributed by atoms with Crippen molar-refractivity contribution in [3.63, 3.8) is 0 Å². The Kier molecular flexibility index (Phi) is 5.56. The number of carboxylic acids is 1. The molecule has 5 nitrogen and oxygen atoms in total. The van der Waals surface area contributed by atoms with Crippen molar-refractivity contribution in [1.82, 2.24) is 15.1 Å². The van der Waals surface area contributed by atoms with Crippen molar-refractivity contribution in [3.8, 4) is 0 Å². The van der Waals surface area contributed by atoms with Gasteiger partial charge in [-0.05, 0) is 12.8 Å². The van der Waals surface area contributed by atoms with Gasteiger partial charge in [0.25, 0.3) is 0 Å². The Hall–Kier alpha value is -1.36. The third-order valence-electron chi connectivity index (χ3n) is 4.20. The molecule has 0 fully saturated rings. The van der Waals surface area contributed by atoms with Crippen molar-refractivity contribution in [2.24, 2.45) is 12.5 Å². The number of aliphatic carboxylic acids is 1. The minimum atomic E-state index is -0.720. The number of carbonyl (C=O) groups is 1. The lowest BCUT2D eigenvalue weighted by molar-refractivity contribution is -0.149. The van der Waals surface area contributed by atoms with Crippen LogP contribution in [0, 0.1) is 5.41 Å². The van der Waals surface area contributed by atoms with E-state index in [1.54, 1.807) is 0 Å². The zero-order valence-corrected chi connectivity index (χ0v) is 14.2. The second-order valence-corrected chi connectivity index (χ2v) is 6.82. The molecular weight excluding hydrogens is 266 g/mol. The molecule has 0 saturated carbocycles. The summed E-state index contributed by atoms with van der Waals surface area (Å²) in [5.41, 5.74) is 1.50. The number of nitrogens with zero attached hydrogens (tertiary/aromatic N) is 2. The van der Waals surface area contributed by atoms with Crippen LogP contribution in [0.3, 0.4) is 0 Å². The van der Waals surface area contributed by atoms with Gasteiger partial charge in [-0.25, -0.2) is 0 Å². The fourth-order valence-electron chi connectivity index (χ4n) is 2.61. The SMILES string of the molecule is CCC(CC)(CNCc1cn(C)nc1C(C)(C)C)C(=O)O. The molecule has 0 atom stereocenters. The molecule has 1 rings (SSSR count). The van der Waals surface area contributed by atoms with E-state index < -0.39 is 11.4 Å². The van der Waals surface area contributed by atoms with Crippen molar-refractivity contribution < 1.29 is 9.90 Å². The molecular formula is C16H29N3O2. The van der Waals surface area contributed by atoms with Crippen molar-refractivity contribution in [3.05, 3.63) is 17.5 Å². The first kappa shape index (κ1) is 17.7. The summed E-state index contributed by atoms with van der Waals surface area (Å²) in [7, 11) is 1.92. The number of carboxylic acid groups (broad SMARTS) is 1. The minimum absolute atomic E-state index is 0.0162. The van der Waals surface area contributed by atoms with Crippen LogP contribution in [0.4, 0.5) is 0 Å². The van der Waals surface area contributed by atoms with Crippen LogP contribution < -0.4 is 5.32 Å². The maximum atomic E-state index is 11.5. The predicted molar refractivity (Wildman–Crippen MR) is 84.3 cm³/mol. The van der Waals surface area contributed by atoms with Gasteiger partial charge in [-0.3, -0.25) is 9.48 Å². The average Bonchev–Trinajstić information content (AvgIpc) is 2.76. The molecule has 0 aliphatic carbocycles. The third kappa shape index (κ3) is 4.06. The molecule has 0 spiro atoms. The molecule has 120 valence electrons. The van der Waals surface area contributed by atoms with Crippen molar-refractivity contribution in [2.75, 3.05) is 6.54 Å². The smallest absolute Gasteiger partial charge is 0.310 e. The standard InChI is InChI=1S/C16H29N3O2/c1-7-16(8-2,14(20)21)11-17-9-12-10-19(6)18-13(12)15(3,4)5/h10,17H,7-9,11H2,1-6H3,(H,20,21). The molecule has 0 aliphatic heterocycles. The molecule has 0 unspecified atom stereocenters. The highest BCUT2D eigenvalue weighted by Crippen LogP contribution is 2.27. The summed E-state index contributed by atoms with van der Waals surface area (Å²) in [6.45, 7) is 11.4. The first-order valence-corrected chi connectivity index (χ1v) is 7.63. The lowest BCUT2D eigenvalue weighted by Gasteiger charge is -2.27. The molecule has 0 aromatic carbocycles. The molecule has 21 heavy (non-hydrogen) atoms. The van der Waals surface area contributed by atoms with Crippen LogP contribution in [-0.2, 0) is 23.8 Å². The lowest BCUT2D eigenvalue weighted by atomic mass is 9.82. The first-order chi connectivity index (χ1) is 9.66. The number of aromatic nitrogens is 2. The topological polar surface area (TPSA) is 67.2 Å². The Morgan fingerprint density at radius 3 is 2.33 bits per heavy atom. The summed E-state index contributed by atoms with van der Waals surface area (Å²) in [5.74, 6) is -0.720. The fraction of sp³-hybridized carbons (Fsp3) is 0.750. The molecule has 1 aromatic heterocycles. The highest BCUT2D eigenvalue weighted by Gasteiger charge is 2.34. The largest absolute Gasteiger partial charge is 0.481 e. The van der Waals surface area contributed by atoms with E-state index in [1.807, 2.05) is 31.8 Å². The molecule has 1 heterocycles. The Labute approximate surface area is 127 Å². The van der Waals surface area contributed by atoms with Crippen molar-refractivity contribution in [1.29, 1.82) is 0 Å². The summed E-state index contributed by atoms with van der Waals surface area (Å²) in [5, 5.41) is 17.3. The van der Waals surface area contributed by atoms with Gasteiger partial charge in [0.05, 0.1) is 11.1 Å². The molecule has 0 bridgehead atoms. The summed E-state index contributed by atoms with van der Waals surface area (Å²) in [6.07, 6.45) is 3.27. The highest BCUT2D eigenvalue weighted by molar-refractivity contribution is 5.74. The molecule has 0 saturated heterocycles. The molecule has 5 heteroatoms. The van der Waals surface area contributed by atoms with Gasteiger partial charge in [-0.15, -0.1) is 0 Å². The maximum Gasteiger partial charge on any atom is 0.310 e. The summed E-state index contributed by atoms with van der Waals surface area (Å²) in [4.78, 5) is 11.5. The van der Waals surface area contributed by atoms with Gasteiger partial charge in [-0.2, -0.15) is 5.10 Å². The van der Waals surface area contributed by atoms with Gasteiger partial charge in [0.2, 0.25) is 0 Å². The Morgan fingerprint density at radius 1 is 1.33 bits per heavy atom. The van der Waals surface area contributed by atoms with Crippen molar-refractivity contribution >= 4 is 5.97 Å². The molecule has 0 amide bonds. The van der Waals surface area contributed by atoms with Crippen LogP contribution in [-0.4, -0.2) is 27.4 Å². The first-order valence-electron chi connectivity index (χ1n) is 7.63. The quantitative estimate of drug-likeness (QED) is 0.811. The maximum absolute atomic E-state index is 11.5. The average molecular weight is 295 g/mol. The number of hydrogen-bond donors (Lipinski definition) is 2. The Balaban J connectivity index is 2.79. The van der Waals surface area contributed by atoms with Crippen LogP contribution in [0.5, 0.6) is 0 Å². The number of hydrogen-bond acceptors (Lipinski definition) is 3. The molecule has 0 aliphatic rings. The number of rotatable bonds is 7. The van der Waals surface area contributed by atoms with E-state index >= 15 is 0 Å². The summed E-state index contributed by atoms with van der Waals surface area (Å²) < 4.78 is 1.82. The molecule has 0 radical (unpaired) electrons. The minimum Gasteiger partial charge on any atom is -0.481 e. The molecule has 2 N–H and O–H groups in total. The van der Waals surface area contributed by atoms with E-state index in [9.17, 15) is 9.90 Å². The number of aryl methyl sites for hydroxylation is 1. The van der Waals surface area contributed by atoms with Crippen LogP contribution >= 0.6 is 0 Å². The van der Waals surface area contributed by atoms with Gasteiger partial charge in [0, 0.05) is 37.3 Å². The van der Waals surface area contributed by atoms with E-state index in [4.69, 9.17) is 0 Å². The van der Waals surface area contributed by atoms with Crippen LogP contribution in [0.2, 0.25) is 0 Å². The fourth-order valence-corrected chi connectivity index (χ4v) is 2.61. The summed E-state index contributed by atoms with van der Waals surface area (Å²) >= 11 is 0. The van der Waals surface area contributed by atoms with E-state index in [2.05, 4.69) is 31.2 Å². The monoisotopic (exact) mass is 295 g/mol. The Morgan fingerprint density at radius 2 is 1.90 bits per heavy atom. The highest BCUT2D eigenvalue weighted by atomic mass is 16.4. The second kappa shape index (κ2) is 6.60. The van der Waals surface area contributed by atoms with Gasteiger partial charge in [0.1, 0.15) is 0 Å². The zero-order chi connectivity index (χ0) is 16.3. The normalized spacial score (nSPS) is 12.7. The van der Waals surface area contributed by atoms with Crippen LogP contribution in [0.25, 0.3) is 0 Å². The van der Waals surface area contributed by atoms with Gasteiger partial charge >= 0.3 is 5.97 Å². The predicted octanol–water partition coefficient (Wildman–Crippen LogP) is 2.70. The van der Waals surface area contributed by atoms with Crippen LogP contribution in [0.15, 0.2) is 6.20 Å². The zero-order valence-electron chi connectivity index (χ0n) is 14.2. The van der Waals surface area contributed by atoms with Crippen molar-refractivity contribution in [2.45, 2.75) is 59.4 Å². The molecule has 1 aromatic rings. The second-order valence-electron chi connectivity index (χ2n) is 6.82. The third-order valence-corrected chi connectivity index (χ3v) is 4.20.